The van der Waals surface area contributed by atoms with Crippen molar-refractivity contribution in [2.75, 3.05) is 6.61 Å². The number of benzene rings is 1. The van der Waals surface area contributed by atoms with Crippen molar-refractivity contribution in [3.63, 3.8) is 0 Å². The van der Waals surface area contributed by atoms with Crippen molar-refractivity contribution in [3.05, 3.63) is 33.9 Å². The molecule has 0 saturated heterocycles. The molecule has 1 saturated carbocycles. The molecule has 120 valence electrons. The fourth-order valence-corrected chi connectivity index (χ4v) is 2.98. The zero-order valence-electron chi connectivity index (χ0n) is 12.3. The Morgan fingerprint density at radius 3 is 2.87 bits per heavy atom. The van der Waals surface area contributed by atoms with Crippen molar-refractivity contribution in [1.29, 1.82) is 0 Å². The lowest BCUT2D eigenvalue weighted by Crippen LogP contribution is -2.26. The smallest absolute Gasteiger partial charge is 0.272 e. The van der Waals surface area contributed by atoms with Crippen LogP contribution < -0.4 is 10.1 Å². The largest absolute Gasteiger partial charge is 0.477 e. The van der Waals surface area contributed by atoms with Gasteiger partial charge in [-0.1, -0.05) is 29.3 Å². The highest BCUT2D eigenvalue weighted by atomic mass is 35.5. The van der Waals surface area contributed by atoms with E-state index < -0.39 is 0 Å². The zero-order chi connectivity index (χ0) is 16.0. The third-order valence-corrected chi connectivity index (χ3v) is 4.73. The first-order chi connectivity index (χ1) is 11.1. The van der Waals surface area contributed by atoms with Crippen molar-refractivity contribution < 1.29 is 9.53 Å². The average molecular weight is 352 g/mol. The second-order valence-electron chi connectivity index (χ2n) is 5.83. The van der Waals surface area contributed by atoms with Crippen molar-refractivity contribution >= 4 is 29.1 Å². The Kier molecular flexibility index (Phi) is 3.70. The average Bonchev–Trinajstić information content (AvgIpc) is 3.27. The molecule has 23 heavy (non-hydrogen) atoms. The van der Waals surface area contributed by atoms with Crippen molar-refractivity contribution in [1.82, 2.24) is 15.1 Å². The number of amides is 1. The number of aromatic nitrogens is 2. The van der Waals surface area contributed by atoms with Crippen LogP contribution in [0.4, 0.5) is 0 Å². The molecule has 7 heteroatoms. The van der Waals surface area contributed by atoms with Crippen LogP contribution in [0, 0.1) is 0 Å². The van der Waals surface area contributed by atoms with Crippen molar-refractivity contribution in [3.8, 4) is 17.0 Å². The van der Waals surface area contributed by atoms with Gasteiger partial charge >= 0.3 is 0 Å². The molecule has 1 amide bonds. The highest BCUT2D eigenvalue weighted by Gasteiger charge is 2.31. The molecule has 1 aromatic carbocycles. The fourth-order valence-electron chi connectivity index (χ4n) is 2.68. The van der Waals surface area contributed by atoms with Crippen LogP contribution in [0.5, 0.6) is 5.88 Å². The summed E-state index contributed by atoms with van der Waals surface area (Å²) in [6.07, 6.45) is 2.93. The maximum Gasteiger partial charge on any atom is 0.272 e. The van der Waals surface area contributed by atoms with Gasteiger partial charge in [-0.05, 0) is 30.5 Å². The van der Waals surface area contributed by atoms with Gasteiger partial charge in [0.05, 0.1) is 22.2 Å². The van der Waals surface area contributed by atoms with Crippen molar-refractivity contribution in [2.45, 2.75) is 31.8 Å². The predicted molar refractivity (Wildman–Crippen MR) is 88.3 cm³/mol. The Balaban J connectivity index is 1.82. The van der Waals surface area contributed by atoms with Gasteiger partial charge in [-0.2, -0.15) is 5.10 Å². The molecule has 2 aromatic rings. The molecular formula is C16H15Cl2N3O2. The van der Waals surface area contributed by atoms with Gasteiger partial charge in [0.2, 0.25) is 5.88 Å². The topological polar surface area (TPSA) is 56.2 Å². The van der Waals surface area contributed by atoms with Gasteiger partial charge in [-0.25, -0.2) is 4.68 Å². The van der Waals surface area contributed by atoms with E-state index in [-0.39, 0.29) is 11.9 Å². The molecule has 0 atom stereocenters. The SMILES string of the molecule is O=C(NC1CC1)c1nn2c(c1-c1ccc(Cl)c(Cl)c1)OCCC2. The molecule has 0 spiro atoms. The summed E-state index contributed by atoms with van der Waals surface area (Å²) in [5, 5.41) is 8.36. The molecule has 4 rings (SSSR count). The molecule has 0 unspecified atom stereocenters. The highest BCUT2D eigenvalue weighted by molar-refractivity contribution is 6.42. The Morgan fingerprint density at radius 2 is 2.13 bits per heavy atom. The quantitative estimate of drug-likeness (QED) is 0.920. The van der Waals surface area contributed by atoms with Gasteiger partial charge in [0.25, 0.3) is 5.91 Å². The maximum absolute atomic E-state index is 12.6. The molecule has 1 fully saturated rings. The Bertz CT molecular complexity index is 784. The fraction of sp³-hybridized carbons (Fsp3) is 0.375. The van der Waals surface area contributed by atoms with E-state index in [1.807, 2.05) is 6.07 Å². The lowest BCUT2D eigenvalue weighted by Gasteiger charge is -2.16. The van der Waals surface area contributed by atoms with E-state index in [4.69, 9.17) is 27.9 Å². The summed E-state index contributed by atoms with van der Waals surface area (Å²) in [5.74, 6) is 0.453. The minimum absolute atomic E-state index is 0.168. The van der Waals surface area contributed by atoms with E-state index in [2.05, 4.69) is 10.4 Å². The standard InChI is InChI=1S/C16H15Cl2N3O2/c17-11-5-2-9(8-12(11)18)13-14(15(22)19-10-3-4-10)20-21-6-1-7-23-16(13)21/h2,5,8,10H,1,3-4,6-7H2,(H,19,22). The third-order valence-electron chi connectivity index (χ3n) is 3.99. The number of carbonyl (C=O) groups is 1. The van der Waals surface area contributed by atoms with E-state index >= 15 is 0 Å². The van der Waals surface area contributed by atoms with Crippen LogP contribution in [0.3, 0.4) is 0 Å². The first-order valence-corrected chi connectivity index (χ1v) is 8.39. The van der Waals surface area contributed by atoms with Gasteiger partial charge in [0.15, 0.2) is 5.69 Å². The number of carbonyl (C=O) groups excluding carboxylic acids is 1. The normalized spacial score (nSPS) is 16.6. The summed E-state index contributed by atoms with van der Waals surface area (Å²) < 4.78 is 7.53. The van der Waals surface area contributed by atoms with Gasteiger partial charge in [0.1, 0.15) is 0 Å². The molecule has 0 bridgehead atoms. The second-order valence-corrected chi connectivity index (χ2v) is 6.64. The minimum Gasteiger partial charge on any atom is -0.477 e. The number of nitrogens with zero attached hydrogens (tertiary/aromatic N) is 2. The molecule has 1 aromatic heterocycles. The molecule has 2 heterocycles. The van der Waals surface area contributed by atoms with E-state index in [0.29, 0.717) is 33.8 Å². The predicted octanol–water partition coefficient (Wildman–Crippen LogP) is 3.53. The van der Waals surface area contributed by atoms with Crippen LogP contribution in [0.2, 0.25) is 10.0 Å². The lowest BCUT2D eigenvalue weighted by atomic mass is 10.1. The zero-order valence-corrected chi connectivity index (χ0v) is 13.8. The van der Waals surface area contributed by atoms with Crippen LogP contribution in [-0.4, -0.2) is 28.3 Å². The molecule has 5 nitrogen and oxygen atoms in total. The molecular weight excluding hydrogens is 337 g/mol. The number of rotatable bonds is 3. The van der Waals surface area contributed by atoms with E-state index in [9.17, 15) is 4.79 Å². The van der Waals surface area contributed by atoms with Crippen molar-refractivity contribution in [2.24, 2.45) is 0 Å². The lowest BCUT2D eigenvalue weighted by molar-refractivity contribution is 0.0945. The number of aryl methyl sites for hydroxylation is 1. The second kappa shape index (κ2) is 5.73. The Labute approximate surface area is 143 Å². The van der Waals surface area contributed by atoms with Crippen LogP contribution in [-0.2, 0) is 6.54 Å². The summed E-state index contributed by atoms with van der Waals surface area (Å²) in [6.45, 7) is 1.35. The van der Waals surface area contributed by atoms with Gasteiger partial charge in [-0.3, -0.25) is 4.79 Å². The summed E-state index contributed by atoms with van der Waals surface area (Å²) in [6, 6.07) is 5.56. The first-order valence-electron chi connectivity index (χ1n) is 7.63. The molecule has 1 aliphatic carbocycles. The summed E-state index contributed by atoms with van der Waals surface area (Å²) >= 11 is 12.1. The summed E-state index contributed by atoms with van der Waals surface area (Å²) in [4.78, 5) is 12.6. The Morgan fingerprint density at radius 1 is 1.30 bits per heavy atom. The molecule has 2 aliphatic rings. The number of ether oxygens (including phenoxy) is 1. The Hall–Kier alpha value is -1.72. The van der Waals surface area contributed by atoms with E-state index in [1.54, 1.807) is 16.8 Å². The first kappa shape index (κ1) is 14.8. The van der Waals surface area contributed by atoms with E-state index in [1.165, 1.54) is 0 Å². The number of nitrogens with one attached hydrogen (secondary N) is 1. The third kappa shape index (κ3) is 2.79. The maximum atomic E-state index is 12.6. The molecule has 1 N–H and O–H groups in total. The number of halogens is 2. The van der Waals surface area contributed by atoms with Crippen LogP contribution in [0.15, 0.2) is 18.2 Å². The monoisotopic (exact) mass is 351 g/mol. The van der Waals surface area contributed by atoms with Crippen LogP contribution in [0.1, 0.15) is 29.8 Å². The van der Waals surface area contributed by atoms with Gasteiger partial charge in [-0.15, -0.1) is 0 Å². The number of fused-ring (bicyclic) bond motifs is 1. The summed E-state index contributed by atoms with van der Waals surface area (Å²) in [5.41, 5.74) is 1.84. The highest BCUT2D eigenvalue weighted by Crippen LogP contribution is 2.38. The van der Waals surface area contributed by atoms with Crippen LogP contribution >= 0.6 is 23.2 Å². The minimum atomic E-state index is -0.168. The van der Waals surface area contributed by atoms with E-state index in [0.717, 1.165) is 31.4 Å². The number of hydrogen-bond acceptors (Lipinski definition) is 3. The summed E-state index contributed by atoms with van der Waals surface area (Å²) in [7, 11) is 0. The van der Waals surface area contributed by atoms with Gasteiger partial charge < -0.3 is 10.1 Å². The molecule has 0 radical (unpaired) electrons. The number of hydrogen-bond donors (Lipinski definition) is 1. The van der Waals surface area contributed by atoms with Gasteiger partial charge in [0, 0.05) is 19.0 Å². The molecule has 1 aliphatic heterocycles. The van der Waals surface area contributed by atoms with Crippen LogP contribution in [0.25, 0.3) is 11.1 Å².